The fourth-order valence-electron chi connectivity index (χ4n) is 4.24. The molecule has 0 saturated heterocycles. The van der Waals surface area contributed by atoms with Crippen molar-refractivity contribution in [1.29, 1.82) is 5.26 Å². The smallest absolute Gasteiger partial charge is 0.369 e. The molecule has 0 aliphatic carbocycles. The second-order valence-corrected chi connectivity index (χ2v) is 12.0. The van der Waals surface area contributed by atoms with E-state index in [4.69, 9.17) is 9.05 Å². The highest BCUT2D eigenvalue weighted by molar-refractivity contribution is 7.59. The summed E-state index contributed by atoms with van der Waals surface area (Å²) in [5, 5.41) is 9.57. The third kappa shape index (κ3) is 5.67. The third-order valence-electron chi connectivity index (χ3n) is 6.03. The van der Waals surface area contributed by atoms with Crippen LogP contribution in [0.4, 0.5) is 5.69 Å². The largest absolute Gasteiger partial charge is 0.371 e. The zero-order valence-electron chi connectivity index (χ0n) is 20.3. The number of hydrogen-bond donors (Lipinski definition) is 0. The number of anilines is 1. The van der Waals surface area contributed by atoms with E-state index in [0.717, 1.165) is 21.7 Å². The van der Waals surface area contributed by atoms with Crippen LogP contribution in [-0.4, -0.2) is 25.8 Å². The topological polar surface area (TPSA) is 62.6 Å². The van der Waals surface area contributed by atoms with E-state index in [1.807, 2.05) is 18.2 Å². The van der Waals surface area contributed by atoms with Gasteiger partial charge in [0.25, 0.3) is 0 Å². The quantitative estimate of drug-likeness (QED) is 0.283. The number of benzene rings is 1. The lowest BCUT2D eigenvalue weighted by atomic mass is 9.80. The molecule has 0 saturated carbocycles. The maximum absolute atomic E-state index is 12.9. The lowest BCUT2D eigenvalue weighted by molar-refractivity contribution is 0.227. The Morgan fingerprint density at radius 1 is 1.21 bits per heavy atom. The summed E-state index contributed by atoms with van der Waals surface area (Å²) in [6, 6.07) is 12.6. The van der Waals surface area contributed by atoms with E-state index in [1.54, 1.807) is 19.9 Å². The SMILES string of the molecule is CCOP(=O)(OCC)/C(C#N)=C/c1ccc(/C=C/c2ccc3c(c2)C(C)CC(C)(C)N3C)s1. The monoisotopic (exact) mass is 484 g/mol. The van der Waals surface area contributed by atoms with Gasteiger partial charge >= 0.3 is 7.60 Å². The fraction of sp³-hybridized carbons (Fsp3) is 0.423. The Labute approximate surface area is 201 Å². The van der Waals surface area contributed by atoms with Crippen LogP contribution in [0.5, 0.6) is 0 Å². The molecular formula is C26H33N2O3PS. The average Bonchev–Trinajstić information content (AvgIpc) is 3.22. The molecule has 2 aromatic rings. The van der Waals surface area contributed by atoms with E-state index in [1.165, 1.54) is 22.6 Å². The van der Waals surface area contributed by atoms with Gasteiger partial charge in [-0.15, -0.1) is 11.3 Å². The Hall–Kier alpha value is -2.16. The molecule has 2 heterocycles. The number of allylic oxidation sites excluding steroid dienone is 1. The van der Waals surface area contributed by atoms with Gasteiger partial charge in [0.05, 0.1) is 13.2 Å². The van der Waals surface area contributed by atoms with Crippen LogP contribution in [-0.2, 0) is 13.6 Å². The van der Waals surface area contributed by atoms with Crippen molar-refractivity contribution in [3.05, 3.63) is 56.5 Å². The van der Waals surface area contributed by atoms with Crippen LogP contribution >= 0.6 is 18.9 Å². The van der Waals surface area contributed by atoms with Crippen molar-refractivity contribution in [3.8, 4) is 6.07 Å². The van der Waals surface area contributed by atoms with E-state index in [9.17, 15) is 9.83 Å². The Bertz CT molecular complexity index is 1130. The number of fused-ring (bicyclic) bond motifs is 1. The molecule has 0 fully saturated rings. The van der Waals surface area contributed by atoms with Crippen LogP contribution in [0.3, 0.4) is 0 Å². The van der Waals surface area contributed by atoms with Crippen LogP contribution in [0.15, 0.2) is 35.6 Å². The molecule has 0 N–H and O–H groups in total. The average molecular weight is 485 g/mol. The van der Waals surface area contributed by atoms with Crippen LogP contribution in [0, 0.1) is 11.3 Å². The predicted octanol–water partition coefficient (Wildman–Crippen LogP) is 7.77. The van der Waals surface area contributed by atoms with Gasteiger partial charge in [-0.2, -0.15) is 5.26 Å². The number of rotatable bonds is 8. The van der Waals surface area contributed by atoms with Crippen molar-refractivity contribution >= 4 is 42.8 Å². The summed E-state index contributed by atoms with van der Waals surface area (Å²) in [6.45, 7) is 10.8. The molecule has 3 rings (SSSR count). The minimum absolute atomic E-state index is 0.0271. The lowest BCUT2D eigenvalue weighted by Crippen LogP contribution is -2.45. The highest BCUT2D eigenvalue weighted by Gasteiger charge is 2.34. The molecule has 0 radical (unpaired) electrons. The molecule has 1 aromatic carbocycles. The van der Waals surface area contributed by atoms with Crippen LogP contribution in [0.1, 0.15) is 67.8 Å². The summed E-state index contributed by atoms with van der Waals surface area (Å²) in [6.07, 6.45) is 6.91. The zero-order chi connectivity index (χ0) is 24.2. The van der Waals surface area contributed by atoms with E-state index in [-0.39, 0.29) is 24.1 Å². The first kappa shape index (κ1) is 25.5. The molecule has 0 amide bonds. The predicted molar refractivity (Wildman–Crippen MR) is 140 cm³/mol. The molecule has 1 aromatic heterocycles. The summed E-state index contributed by atoms with van der Waals surface area (Å²) < 4.78 is 23.5. The van der Waals surface area contributed by atoms with Gasteiger partial charge in [-0.05, 0) is 87.6 Å². The second-order valence-electron chi connectivity index (χ2n) is 8.84. The minimum Gasteiger partial charge on any atom is -0.369 e. The second kappa shape index (κ2) is 10.4. The molecule has 0 bridgehead atoms. The molecule has 1 aliphatic rings. The molecule has 1 unspecified atom stereocenters. The van der Waals surface area contributed by atoms with Gasteiger partial charge in [0, 0.05) is 28.0 Å². The Balaban J connectivity index is 1.82. The zero-order valence-corrected chi connectivity index (χ0v) is 22.0. The van der Waals surface area contributed by atoms with Crippen molar-refractivity contribution in [2.45, 2.75) is 52.5 Å². The highest BCUT2D eigenvalue weighted by Crippen LogP contribution is 2.56. The minimum atomic E-state index is -3.60. The van der Waals surface area contributed by atoms with Crippen LogP contribution in [0.2, 0.25) is 0 Å². The molecule has 33 heavy (non-hydrogen) atoms. The Kier molecular flexibility index (Phi) is 8.03. The van der Waals surface area contributed by atoms with Gasteiger partial charge in [-0.25, -0.2) is 0 Å². The summed E-state index contributed by atoms with van der Waals surface area (Å²) in [7, 11) is -1.42. The Morgan fingerprint density at radius 2 is 1.88 bits per heavy atom. The van der Waals surface area contributed by atoms with E-state index in [0.29, 0.717) is 5.92 Å². The Morgan fingerprint density at radius 3 is 2.52 bits per heavy atom. The molecule has 7 heteroatoms. The van der Waals surface area contributed by atoms with Gasteiger partial charge in [0.1, 0.15) is 11.4 Å². The van der Waals surface area contributed by atoms with Gasteiger partial charge < -0.3 is 13.9 Å². The molecule has 176 valence electrons. The third-order valence-corrected chi connectivity index (χ3v) is 9.04. The van der Waals surface area contributed by atoms with Crippen molar-refractivity contribution in [2.75, 3.05) is 25.2 Å². The summed E-state index contributed by atoms with van der Waals surface area (Å²) in [4.78, 5) is 4.25. The van der Waals surface area contributed by atoms with Gasteiger partial charge in [-0.3, -0.25) is 4.57 Å². The number of thiophene rings is 1. The maximum atomic E-state index is 12.9. The fourth-order valence-corrected chi connectivity index (χ4v) is 6.63. The van der Waals surface area contributed by atoms with Crippen molar-refractivity contribution in [1.82, 2.24) is 0 Å². The molecular weight excluding hydrogens is 451 g/mol. The number of nitriles is 1. The lowest BCUT2D eigenvalue weighted by Gasteiger charge is -2.45. The number of nitrogens with zero attached hydrogens (tertiary/aromatic N) is 2. The van der Waals surface area contributed by atoms with E-state index < -0.39 is 7.60 Å². The number of hydrogen-bond acceptors (Lipinski definition) is 6. The molecule has 1 atom stereocenters. The highest BCUT2D eigenvalue weighted by atomic mass is 32.1. The molecule has 5 nitrogen and oxygen atoms in total. The summed E-state index contributed by atoms with van der Waals surface area (Å²) in [5.41, 5.74) is 4.00. The standard InChI is InChI=1S/C26H33N2O3PS/c1-7-30-32(29,31-8-2)21(18-27)16-23-13-12-22(33-23)11-9-20-10-14-25-24(15-20)19(3)17-26(4,5)28(25)6/h9-16,19H,7-8,17H2,1-6H3/b11-9+,21-16+. The first-order valence-corrected chi connectivity index (χ1v) is 13.7. The van der Waals surface area contributed by atoms with Crippen LogP contribution in [0.25, 0.3) is 18.2 Å². The van der Waals surface area contributed by atoms with E-state index in [2.05, 4.69) is 63.1 Å². The van der Waals surface area contributed by atoms with Gasteiger partial charge in [0.15, 0.2) is 0 Å². The summed E-state index contributed by atoms with van der Waals surface area (Å²) >= 11 is 1.52. The van der Waals surface area contributed by atoms with Gasteiger partial charge in [-0.1, -0.05) is 19.1 Å². The normalized spacial score (nSPS) is 18.4. The molecule has 0 spiro atoms. The van der Waals surface area contributed by atoms with Crippen molar-refractivity contribution < 1.29 is 13.6 Å². The first-order chi connectivity index (χ1) is 15.6. The van der Waals surface area contributed by atoms with Crippen LogP contribution < -0.4 is 4.90 Å². The summed E-state index contributed by atoms with van der Waals surface area (Å²) in [5.74, 6) is 0.508. The van der Waals surface area contributed by atoms with E-state index >= 15 is 0 Å². The van der Waals surface area contributed by atoms with Gasteiger partial charge in [0.2, 0.25) is 0 Å². The van der Waals surface area contributed by atoms with Crippen molar-refractivity contribution in [2.24, 2.45) is 0 Å². The van der Waals surface area contributed by atoms with Crippen molar-refractivity contribution in [3.63, 3.8) is 0 Å². The maximum Gasteiger partial charge on any atom is 0.371 e. The first-order valence-electron chi connectivity index (χ1n) is 11.3. The molecule has 1 aliphatic heterocycles.